The van der Waals surface area contributed by atoms with Gasteiger partial charge in [0, 0.05) is 12.6 Å². The van der Waals surface area contributed by atoms with Crippen LogP contribution >= 0.6 is 11.6 Å². The summed E-state index contributed by atoms with van der Waals surface area (Å²) >= 11 is 5.79. The molecule has 0 saturated heterocycles. The van der Waals surface area contributed by atoms with E-state index in [4.69, 9.17) is 16.3 Å². The normalized spacial score (nSPS) is 16.7. The number of nitrogens with one attached hydrogen (secondary N) is 2. The fourth-order valence-corrected chi connectivity index (χ4v) is 5.20. The number of carbonyl (C=O) groups is 2. The van der Waals surface area contributed by atoms with Crippen LogP contribution in [0.2, 0.25) is 5.02 Å². The molecule has 0 unspecified atom stereocenters. The van der Waals surface area contributed by atoms with Gasteiger partial charge in [-0.25, -0.2) is 17.6 Å². The summed E-state index contributed by atoms with van der Waals surface area (Å²) in [6, 6.07) is 5.90. The maximum Gasteiger partial charge on any atom is 0.427 e. The summed E-state index contributed by atoms with van der Waals surface area (Å²) < 4.78 is 91.4. The van der Waals surface area contributed by atoms with Crippen molar-refractivity contribution in [2.75, 3.05) is 16.2 Å². The average Bonchev–Trinajstić information content (AvgIpc) is 2.78. The molecule has 2 aromatic rings. The first kappa shape index (κ1) is 29.3. The molecule has 1 heterocycles. The van der Waals surface area contributed by atoms with Gasteiger partial charge in [0.2, 0.25) is 11.5 Å². The Kier molecular flexibility index (Phi) is 8.08. The Morgan fingerprint density at radius 3 is 2.42 bits per heavy atom. The molecule has 9 nitrogen and oxygen atoms in total. The number of amides is 2. The van der Waals surface area contributed by atoms with Crippen LogP contribution in [0.15, 0.2) is 41.3 Å². The van der Waals surface area contributed by atoms with E-state index in [1.807, 2.05) is 0 Å². The van der Waals surface area contributed by atoms with Gasteiger partial charge in [0.05, 0.1) is 28.2 Å². The van der Waals surface area contributed by atoms with Crippen LogP contribution in [0.4, 0.5) is 33.7 Å². The number of hydrogen-bond acceptors (Lipinski definition) is 6. The highest BCUT2D eigenvalue weighted by Crippen LogP contribution is 2.40. The van der Waals surface area contributed by atoms with Crippen LogP contribution in [-0.4, -0.2) is 50.9 Å². The first-order valence-corrected chi connectivity index (χ1v) is 12.9. The minimum absolute atomic E-state index is 0.0322. The highest BCUT2D eigenvalue weighted by Gasteiger charge is 2.51. The highest BCUT2D eigenvalue weighted by molar-refractivity contribution is 7.92. The Morgan fingerprint density at radius 1 is 1.18 bits per heavy atom. The fraction of sp³-hybridized carbons (Fsp3) is 0.391. The van der Waals surface area contributed by atoms with E-state index in [9.17, 15) is 35.6 Å². The molecular formula is C23H24ClF4N3O6S. The first-order valence-electron chi connectivity index (χ1n) is 11.0. The number of anilines is 2. The number of hydrogen-bond donors (Lipinski definition) is 2. The Balaban J connectivity index is 2.01. The van der Waals surface area contributed by atoms with E-state index in [2.05, 4.69) is 15.4 Å². The monoisotopic (exact) mass is 581 g/mol. The summed E-state index contributed by atoms with van der Waals surface area (Å²) in [6.07, 6.45) is -7.14. The van der Waals surface area contributed by atoms with E-state index in [0.29, 0.717) is 13.8 Å². The lowest BCUT2D eigenvalue weighted by atomic mass is 10.1. The molecule has 0 fully saturated rings. The summed E-state index contributed by atoms with van der Waals surface area (Å²) in [6.45, 7) is 3.91. The summed E-state index contributed by atoms with van der Waals surface area (Å²) in [4.78, 5) is 23.4. The first-order chi connectivity index (χ1) is 17.4. The van der Waals surface area contributed by atoms with Crippen molar-refractivity contribution in [1.29, 1.82) is 0 Å². The van der Waals surface area contributed by atoms with Crippen molar-refractivity contribution in [2.45, 2.75) is 56.5 Å². The van der Waals surface area contributed by atoms with Crippen molar-refractivity contribution in [3.05, 3.63) is 47.2 Å². The number of rotatable bonds is 6. The van der Waals surface area contributed by atoms with Gasteiger partial charge in [-0.2, -0.15) is 13.2 Å². The molecule has 0 bridgehead atoms. The number of carbonyl (C=O) groups excluding carboxylic acids is 2. The molecule has 0 aliphatic carbocycles. The van der Waals surface area contributed by atoms with Crippen molar-refractivity contribution < 1.29 is 45.0 Å². The Morgan fingerprint density at radius 2 is 1.84 bits per heavy atom. The molecule has 0 radical (unpaired) electrons. The predicted molar refractivity (Wildman–Crippen MR) is 130 cm³/mol. The standard InChI is InChI=1S/C23H24ClF4N3O6S/c1-12(29-13(2)32)20-11-31(38(34,35)15-6-7-17(25)16(24)10-15)18-9-14(5-8-19(18)36-20)30-21(33)37-22(3,4)23(26,27)28/h5-10,12,20H,11H2,1-4H3,(H,29,32)(H,30,33)/t12-,20-/m1/s1. The molecule has 1 aliphatic heterocycles. The molecule has 3 rings (SSSR count). The molecule has 2 aromatic carbocycles. The second-order valence-corrected chi connectivity index (χ2v) is 11.2. The van der Waals surface area contributed by atoms with E-state index in [1.54, 1.807) is 6.92 Å². The number of ether oxygens (including phenoxy) is 2. The summed E-state index contributed by atoms with van der Waals surface area (Å²) in [5.41, 5.74) is -2.97. The lowest BCUT2D eigenvalue weighted by molar-refractivity contribution is -0.242. The van der Waals surface area contributed by atoms with Crippen molar-refractivity contribution >= 4 is 45.0 Å². The molecule has 2 atom stereocenters. The predicted octanol–water partition coefficient (Wildman–Crippen LogP) is 4.85. The number of nitrogens with zero attached hydrogens (tertiary/aromatic N) is 1. The third-order valence-corrected chi connectivity index (χ3v) is 7.66. The summed E-state index contributed by atoms with van der Waals surface area (Å²) in [5, 5.41) is 4.33. The molecule has 0 spiro atoms. The van der Waals surface area contributed by atoms with Crippen LogP contribution in [0.1, 0.15) is 27.7 Å². The van der Waals surface area contributed by atoms with E-state index < -0.39 is 50.9 Å². The molecular weight excluding hydrogens is 558 g/mol. The van der Waals surface area contributed by atoms with Crippen LogP contribution < -0.4 is 19.7 Å². The van der Waals surface area contributed by atoms with Crippen molar-refractivity contribution in [3.63, 3.8) is 0 Å². The zero-order valence-electron chi connectivity index (χ0n) is 20.5. The van der Waals surface area contributed by atoms with E-state index >= 15 is 0 Å². The zero-order chi connectivity index (χ0) is 28.6. The quantitative estimate of drug-likeness (QED) is 0.472. The molecule has 38 heavy (non-hydrogen) atoms. The van der Waals surface area contributed by atoms with Crippen LogP contribution in [0.25, 0.3) is 0 Å². The molecule has 1 aliphatic rings. The molecule has 15 heteroatoms. The van der Waals surface area contributed by atoms with Gasteiger partial charge in [-0.3, -0.25) is 14.4 Å². The van der Waals surface area contributed by atoms with E-state index in [0.717, 1.165) is 22.5 Å². The van der Waals surface area contributed by atoms with Gasteiger partial charge in [-0.1, -0.05) is 11.6 Å². The lowest BCUT2D eigenvalue weighted by Gasteiger charge is -2.38. The average molecular weight is 582 g/mol. The molecule has 2 N–H and O–H groups in total. The van der Waals surface area contributed by atoms with Crippen LogP contribution in [-0.2, 0) is 19.6 Å². The van der Waals surface area contributed by atoms with Gasteiger partial charge in [0.15, 0.2) is 0 Å². The van der Waals surface area contributed by atoms with Crippen molar-refractivity contribution in [1.82, 2.24) is 5.32 Å². The SMILES string of the molecule is CC(=O)N[C@H](C)[C@H]1CN(S(=O)(=O)c2ccc(F)c(Cl)c2)c2cc(NC(=O)OC(C)(C)C(F)(F)F)ccc2O1. The smallest absolute Gasteiger partial charge is 0.427 e. The van der Waals surface area contributed by atoms with Gasteiger partial charge in [-0.15, -0.1) is 0 Å². The van der Waals surface area contributed by atoms with Gasteiger partial charge < -0.3 is 14.8 Å². The number of alkyl halides is 3. The topological polar surface area (TPSA) is 114 Å². The zero-order valence-corrected chi connectivity index (χ0v) is 22.1. The number of benzene rings is 2. The number of fused-ring (bicyclic) bond motifs is 1. The van der Waals surface area contributed by atoms with Gasteiger partial charge in [-0.05, 0) is 57.2 Å². The van der Waals surface area contributed by atoms with E-state index in [-0.39, 0.29) is 34.5 Å². The molecule has 2 amide bonds. The van der Waals surface area contributed by atoms with Gasteiger partial charge in [0.25, 0.3) is 10.0 Å². The van der Waals surface area contributed by atoms with Crippen molar-refractivity contribution in [3.8, 4) is 5.75 Å². The Labute approximate surface area is 221 Å². The largest absolute Gasteiger partial charge is 0.484 e. The Bertz CT molecular complexity index is 1350. The van der Waals surface area contributed by atoms with Gasteiger partial charge >= 0.3 is 12.3 Å². The maximum absolute atomic E-state index is 13.7. The maximum atomic E-state index is 13.7. The third kappa shape index (κ3) is 6.23. The van der Waals surface area contributed by atoms with Crippen LogP contribution in [0, 0.1) is 5.82 Å². The Hall–Kier alpha value is -3.26. The second kappa shape index (κ2) is 10.5. The summed E-state index contributed by atoms with van der Waals surface area (Å²) in [7, 11) is -4.41. The van der Waals surface area contributed by atoms with Gasteiger partial charge in [0.1, 0.15) is 17.7 Å². The van der Waals surface area contributed by atoms with Crippen LogP contribution in [0.3, 0.4) is 0 Å². The third-order valence-electron chi connectivity index (χ3n) is 5.60. The molecule has 208 valence electrons. The highest BCUT2D eigenvalue weighted by atomic mass is 35.5. The number of halogens is 5. The molecule has 0 aromatic heterocycles. The minimum Gasteiger partial charge on any atom is -0.484 e. The van der Waals surface area contributed by atoms with Crippen LogP contribution in [0.5, 0.6) is 5.75 Å². The minimum atomic E-state index is -4.84. The van der Waals surface area contributed by atoms with E-state index in [1.165, 1.54) is 25.1 Å². The lowest BCUT2D eigenvalue weighted by Crippen LogP contribution is -2.52. The number of sulfonamides is 1. The second-order valence-electron chi connectivity index (χ2n) is 8.96. The fourth-order valence-electron chi connectivity index (χ4n) is 3.45. The van der Waals surface area contributed by atoms with Crippen molar-refractivity contribution in [2.24, 2.45) is 0 Å². The summed E-state index contributed by atoms with van der Waals surface area (Å²) in [5.74, 6) is -1.19. The molecule has 0 saturated carbocycles.